The second-order valence-electron chi connectivity index (χ2n) is 5.89. The van der Waals surface area contributed by atoms with Gasteiger partial charge in [-0.1, -0.05) is 19.1 Å². The highest BCUT2D eigenvalue weighted by Crippen LogP contribution is 2.31. The van der Waals surface area contributed by atoms with Crippen LogP contribution in [0, 0.1) is 12.8 Å². The molecule has 1 aromatic carbocycles. The molecule has 1 unspecified atom stereocenters. The molecule has 1 aliphatic carbocycles. The Balaban J connectivity index is 1.56. The average molecular weight is 316 g/mol. The quantitative estimate of drug-likeness (QED) is 0.938. The lowest BCUT2D eigenvalue weighted by Crippen LogP contribution is -2.20. The van der Waals surface area contributed by atoms with E-state index in [1.165, 1.54) is 11.3 Å². The van der Waals surface area contributed by atoms with E-state index in [4.69, 9.17) is 4.74 Å². The van der Waals surface area contributed by atoms with E-state index in [2.05, 4.69) is 17.2 Å². The molecular formula is C17H20N2O2S. The number of hydrogen-bond acceptors (Lipinski definition) is 4. The molecule has 4 nitrogen and oxygen atoms in total. The number of aromatic nitrogens is 1. The number of rotatable bonds is 4. The van der Waals surface area contributed by atoms with Gasteiger partial charge in [0.15, 0.2) is 11.7 Å². The van der Waals surface area contributed by atoms with Crippen LogP contribution in [0.2, 0.25) is 0 Å². The molecule has 0 fully saturated rings. The minimum atomic E-state index is -0.166. The predicted molar refractivity (Wildman–Crippen MR) is 88.6 cm³/mol. The summed E-state index contributed by atoms with van der Waals surface area (Å²) in [6, 6.07) is 7.67. The van der Waals surface area contributed by atoms with Gasteiger partial charge in [-0.15, -0.1) is 11.3 Å². The third-order valence-electron chi connectivity index (χ3n) is 3.79. The highest BCUT2D eigenvalue weighted by molar-refractivity contribution is 7.15. The van der Waals surface area contributed by atoms with E-state index >= 15 is 0 Å². The Hall–Kier alpha value is -1.88. The van der Waals surface area contributed by atoms with Crippen molar-refractivity contribution in [3.8, 4) is 5.75 Å². The molecule has 1 N–H and O–H groups in total. The summed E-state index contributed by atoms with van der Waals surface area (Å²) in [6.07, 6.45) is 3.30. The molecule has 0 bridgehead atoms. The normalized spacial score (nSPS) is 16.9. The SMILES string of the molecule is Cc1cccc(OCC(=O)Nc2nc3c(s2)CCC(C)C3)c1. The van der Waals surface area contributed by atoms with Crippen molar-refractivity contribution in [3.05, 3.63) is 40.4 Å². The molecule has 1 atom stereocenters. The Morgan fingerprint density at radius 2 is 2.36 bits per heavy atom. The van der Waals surface area contributed by atoms with E-state index in [1.807, 2.05) is 31.2 Å². The summed E-state index contributed by atoms with van der Waals surface area (Å²) in [4.78, 5) is 17.8. The molecule has 1 aliphatic rings. The van der Waals surface area contributed by atoms with Crippen molar-refractivity contribution < 1.29 is 9.53 Å². The number of ether oxygens (including phenoxy) is 1. The average Bonchev–Trinajstić information content (AvgIpc) is 2.86. The van der Waals surface area contributed by atoms with Crippen LogP contribution in [0.3, 0.4) is 0 Å². The summed E-state index contributed by atoms with van der Waals surface area (Å²) in [6.45, 7) is 4.24. The molecule has 1 amide bonds. The minimum Gasteiger partial charge on any atom is -0.484 e. The number of carbonyl (C=O) groups is 1. The molecular weight excluding hydrogens is 296 g/mol. The van der Waals surface area contributed by atoms with Crippen molar-refractivity contribution in [2.75, 3.05) is 11.9 Å². The number of anilines is 1. The summed E-state index contributed by atoms with van der Waals surface area (Å²) in [5.41, 5.74) is 2.26. The molecule has 0 aliphatic heterocycles. The first-order chi connectivity index (χ1) is 10.6. The van der Waals surface area contributed by atoms with E-state index in [0.717, 1.165) is 24.1 Å². The highest BCUT2D eigenvalue weighted by Gasteiger charge is 2.20. The van der Waals surface area contributed by atoms with Crippen molar-refractivity contribution in [1.82, 2.24) is 4.98 Å². The molecule has 0 radical (unpaired) electrons. The zero-order valence-electron chi connectivity index (χ0n) is 12.9. The van der Waals surface area contributed by atoms with Crippen LogP contribution in [-0.4, -0.2) is 17.5 Å². The Labute approximate surface area is 134 Å². The molecule has 0 saturated heterocycles. The van der Waals surface area contributed by atoms with Gasteiger partial charge in [0.2, 0.25) is 0 Å². The molecule has 1 aromatic heterocycles. The van der Waals surface area contributed by atoms with E-state index in [1.54, 1.807) is 11.3 Å². The van der Waals surface area contributed by atoms with Crippen molar-refractivity contribution >= 4 is 22.4 Å². The summed E-state index contributed by atoms with van der Waals surface area (Å²) in [5.74, 6) is 1.23. The number of fused-ring (bicyclic) bond motifs is 1. The molecule has 3 rings (SSSR count). The van der Waals surface area contributed by atoms with Crippen LogP contribution < -0.4 is 10.1 Å². The maximum Gasteiger partial charge on any atom is 0.264 e. The van der Waals surface area contributed by atoms with E-state index in [9.17, 15) is 4.79 Å². The lowest BCUT2D eigenvalue weighted by Gasteiger charge is -2.15. The molecule has 116 valence electrons. The second-order valence-corrected chi connectivity index (χ2v) is 6.97. The monoisotopic (exact) mass is 316 g/mol. The predicted octanol–water partition coefficient (Wildman–Crippen LogP) is 3.59. The number of nitrogens with one attached hydrogen (secondary N) is 1. The smallest absolute Gasteiger partial charge is 0.264 e. The van der Waals surface area contributed by atoms with E-state index in [0.29, 0.717) is 16.8 Å². The Bertz CT molecular complexity index is 681. The van der Waals surface area contributed by atoms with Gasteiger partial charge in [-0.3, -0.25) is 10.1 Å². The Morgan fingerprint density at radius 3 is 3.18 bits per heavy atom. The van der Waals surface area contributed by atoms with Crippen molar-refractivity contribution in [2.45, 2.75) is 33.1 Å². The molecule has 1 heterocycles. The Kier molecular flexibility index (Phi) is 4.43. The van der Waals surface area contributed by atoms with Crippen molar-refractivity contribution in [2.24, 2.45) is 5.92 Å². The summed E-state index contributed by atoms with van der Waals surface area (Å²) >= 11 is 1.59. The standard InChI is InChI=1S/C17H20N2O2S/c1-11-4-3-5-13(8-11)21-10-16(20)19-17-18-14-9-12(2)6-7-15(14)22-17/h3-5,8,12H,6-7,9-10H2,1-2H3,(H,18,19,20). The number of aryl methyl sites for hydroxylation is 2. The maximum absolute atomic E-state index is 12.0. The van der Waals surface area contributed by atoms with Gasteiger partial charge in [-0.2, -0.15) is 0 Å². The van der Waals surface area contributed by atoms with Crippen molar-refractivity contribution in [1.29, 1.82) is 0 Å². The number of benzene rings is 1. The second kappa shape index (κ2) is 6.48. The topological polar surface area (TPSA) is 51.2 Å². The van der Waals surface area contributed by atoms with Crippen LogP contribution in [0.15, 0.2) is 24.3 Å². The minimum absolute atomic E-state index is 0.00407. The van der Waals surface area contributed by atoms with Gasteiger partial charge in [0.1, 0.15) is 5.75 Å². The first-order valence-electron chi connectivity index (χ1n) is 7.58. The van der Waals surface area contributed by atoms with Crippen LogP contribution in [0.25, 0.3) is 0 Å². The summed E-state index contributed by atoms with van der Waals surface area (Å²) in [5, 5.41) is 3.53. The van der Waals surface area contributed by atoms with Crippen LogP contribution in [0.4, 0.5) is 5.13 Å². The molecule has 22 heavy (non-hydrogen) atoms. The zero-order chi connectivity index (χ0) is 15.5. The maximum atomic E-state index is 12.0. The molecule has 5 heteroatoms. The third-order valence-corrected chi connectivity index (χ3v) is 4.86. The number of carbonyl (C=O) groups excluding carboxylic acids is 1. The third kappa shape index (κ3) is 3.65. The van der Waals surface area contributed by atoms with Crippen LogP contribution >= 0.6 is 11.3 Å². The van der Waals surface area contributed by atoms with E-state index < -0.39 is 0 Å². The van der Waals surface area contributed by atoms with Gasteiger partial charge in [-0.25, -0.2) is 4.98 Å². The lowest BCUT2D eigenvalue weighted by molar-refractivity contribution is -0.118. The lowest BCUT2D eigenvalue weighted by atomic mass is 9.93. The highest BCUT2D eigenvalue weighted by atomic mass is 32.1. The summed E-state index contributed by atoms with van der Waals surface area (Å²) in [7, 11) is 0. The van der Waals surface area contributed by atoms with Gasteiger partial charge in [-0.05, 0) is 49.8 Å². The first kappa shape index (κ1) is 15.0. The largest absolute Gasteiger partial charge is 0.484 e. The van der Waals surface area contributed by atoms with Gasteiger partial charge < -0.3 is 4.74 Å². The number of hydrogen-bond donors (Lipinski definition) is 1. The Morgan fingerprint density at radius 1 is 1.50 bits per heavy atom. The fourth-order valence-electron chi connectivity index (χ4n) is 2.61. The van der Waals surface area contributed by atoms with Crippen molar-refractivity contribution in [3.63, 3.8) is 0 Å². The zero-order valence-corrected chi connectivity index (χ0v) is 13.7. The van der Waals surface area contributed by atoms with E-state index in [-0.39, 0.29) is 12.5 Å². The number of thiazole rings is 1. The fraction of sp³-hybridized carbons (Fsp3) is 0.412. The number of nitrogens with zero attached hydrogens (tertiary/aromatic N) is 1. The number of amides is 1. The van der Waals surface area contributed by atoms with Gasteiger partial charge in [0, 0.05) is 4.88 Å². The van der Waals surface area contributed by atoms with Crippen LogP contribution in [0.1, 0.15) is 29.5 Å². The van der Waals surface area contributed by atoms with Crippen LogP contribution in [-0.2, 0) is 17.6 Å². The van der Waals surface area contributed by atoms with Gasteiger partial charge in [0.05, 0.1) is 5.69 Å². The van der Waals surface area contributed by atoms with Gasteiger partial charge >= 0.3 is 0 Å². The molecule has 2 aromatic rings. The molecule has 0 spiro atoms. The first-order valence-corrected chi connectivity index (χ1v) is 8.39. The van der Waals surface area contributed by atoms with Gasteiger partial charge in [0.25, 0.3) is 5.91 Å². The fourth-order valence-corrected chi connectivity index (χ4v) is 3.63. The molecule has 0 saturated carbocycles. The summed E-state index contributed by atoms with van der Waals surface area (Å²) < 4.78 is 5.50. The van der Waals surface area contributed by atoms with Crippen LogP contribution in [0.5, 0.6) is 5.75 Å².